The largest absolute Gasteiger partial charge is 0.508 e. The van der Waals surface area contributed by atoms with Gasteiger partial charge < -0.3 is 10.1 Å². The standard InChI is InChI=1S/C6H5BF2O2/c8-4-1-3(10)2-5(9)6(4)7-11/h1-2,7,10-11H. The monoisotopic (exact) mass is 158 g/mol. The van der Waals surface area contributed by atoms with Crippen LogP contribution in [0.4, 0.5) is 8.78 Å². The van der Waals surface area contributed by atoms with Crippen LogP contribution in [0.5, 0.6) is 5.75 Å². The van der Waals surface area contributed by atoms with Crippen molar-refractivity contribution in [2.75, 3.05) is 0 Å². The molecule has 2 nitrogen and oxygen atoms in total. The average Bonchev–Trinajstić information content (AvgIpc) is 1.85. The lowest BCUT2D eigenvalue weighted by molar-refractivity contribution is 0.462. The van der Waals surface area contributed by atoms with Gasteiger partial charge in [0.25, 0.3) is 0 Å². The van der Waals surface area contributed by atoms with Crippen molar-refractivity contribution in [3.63, 3.8) is 0 Å². The van der Waals surface area contributed by atoms with Crippen LogP contribution >= 0.6 is 0 Å². The number of rotatable bonds is 1. The number of phenolic OH excluding ortho intramolecular Hbond substituents is 1. The minimum Gasteiger partial charge on any atom is -0.508 e. The molecular formula is C6H5BF2O2. The maximum Gasteiger partial charge on any atom is 0.311 e. The van der Waals surface area contributed by atoms with Gasteiger partial charge in [0, 0.05) is 17.6 Å². The molecule has 0 bridgehead atoms. The lowest BCUT2D eigenvalue weighted by Gasteiger charge is -1.99. The van der Waals surface area contributed by atoms with Crippen molar-refractivity contribution in [3.05, 3.63) is 23.8 Å². The van der Waals surface area contributed by atoms with Gasteiger partial charge in [-0.1, -0.05) is 0 Å². The van der Waals surface area contributed by atoms with Gasteiger partial charge in [-0.25, -0.2) is 8.78 Å². The second-order valence-electron chi connectivity index (χ2n) is 2.05. The summed E-state index contributed by atoms with van der Waals surface area (Å²) < 4.78 is 25.1. The maximum atomic E-state index is 12.6. The summed E-state index contributed by atoms with van der Waals surface area (Å²) in [5.74, 6) is -2.37. The molecule has 1 aromatic carbocycles. The Morgan fingerprint density at radius 3 is 2.00 bits per heavy atom. The molecule has 0 unspecified atom stereocenters. The molecule has 2 N–H and O–H groups in total. The van der Waals surface area contributed by atoms with E-state index >= 15 is 0 Å². The summed E-state index contributed by atoms with van der Waals surface area (Å²) in [6.45, 7) is 0. The summed E-state index contributed by atoms with van der Waals surface area (Å²) in [6.07, 6.45) is 0. The van der Waals surface area contributed by atoms with Crippen LogP contribution < -0.4 is 5.46 Å². The Morgan fingerprint density at radius 1 is 1.18 bits per heavy atom. The second-order valence-corrected chi connectivity index (χ2v) is 2.05. The molecule has 0 saturated heterocycles. The first-order chi connectivity index (χ1) is 5.15. The zero-order chi connectivity index (χ0) is 8.43. The third kappa shape index (κ3) is 1.49. The van der Waals surface area contributed by atoms with Gasteiger partial charge in [-0.15, -0.1) is 0 Å². The highest BCUT2D eigenvalue weighted by molar-refractivity contribution is 6.45. The summed E-state index contributed by atoms with van der Waals surface area (Å²) in [6, 6.07) is 1.49. The molecule has 0 amide bonds. The van der Waals surface area contributed by atoms with Crippen LogP contribution in [0.2, 0.25) is 0 Å². The van der Waals surface area contributed by atoms with Crippen molar-refractivity contribution in [3.8, 4) is 5.75 Å². The molecule has 0 radical (unpaired) electrons. The number of benzene rings is 1. The third-order valence-electron chi connectivity index (χ3n) is 1.28. The van der Waals surface area contributed by atoms with E-state index in [0.29, 0.717) is 0 Å². The highest BCUT2D eigenvalue weighted by Crippen LogP contribution is 2.10. The molecule has 0 aliphatic rings. The zero-order valence-corrected chi connectivity index (χ0v) is 5.51. The summed E-state index contributed by atoms with van der Waals surface area (Å²) in [7, 11) is -0.710. The van der Waals surface area contributed by atoms with Crippen LogP contribution in [0.25, 0.3) is 0 Å². The lowest BCUT2D eigenvalue weighted by Crippen LogP contribution is -2.21. The van der Waals surface area contributed by atoms with Crippen LogP contribution in [-0.2, 0) is 0 Å². The SMILES string of the molecule is OBc1c(F)cc(O)cc1F. The van der Waals surface area contributed by atoms with Crippen molar-refractivity contribution >= 4 is 12.9 Å². The van der Waals surface area contributed by atoms with Gasteiger partial charge in [0.15, 0.2) is 0 Å². The van der Waals surface area contributed by atoms with Gasteiger partial charge in [0.1, 0.15) is 17.4 Å². The number of phenols is 1. The summed E-state index contributed by atoms with van der Waals surface area (Å²) >= 11 is 0. The minimum atomic E-state index is -0.940. The van der Waals surface area contributed by atoms with Gasteiger partial charge in [0.2, 0.25) is 0 Å². The van der Waals surface area contributed by atoms with Crippen molar-refractivity contribution in [2.24, 2.45) is 0 Å². The predicted molar refractivity (Wildman–Crippen MR) is 37.0 cm³/mol. The molecule has 5 heteroatoms. The summed E-state index contributed by atoms with van der Waals surface area (Å²) in [4.78, 5) is 0. The first kappa shape index (κ1) is 8.01. The maximum absolute atomic E-state index is 12.6. The third-order valence-corrected chi connectivity index (χ3v) is 1.28. The van der Waals surface area contributed by atoms with Crippen molar-refractivity contribution in [1.82, 2.24) is 0 Å². The van der Waals surface area contributed by atoms with Gasteiger partial charge in [-0.05, 0) is 0 Å². The van der Waals surface area contributed by atoms with E-state index in [1.807, 2.05) is 0 Å². The van der Waals surface area contributed by atoms with Crippen LogP contribution in [0.15, 0.2) is 12.1 Å². The zero-order valence-electron chi connectivity index (χ0n) is 5.51. The second kappa shape index (κ2) is 2.88. The molecule has 58 valence electrons. The normalized spacial score (nSPS) is 9.73. The molecule has 11 heavy (non-hydrogen) atoms. The van der Waals surface area contributed by atoms with E-state index in [4.69, 9.17) is 10.1 Å². The molecule has 0 spiro atoms. The first-order valence-electron chi connectivity index (χ1n) is 2.93. The highest BCUT2D eigenvalue weighted by Gasteiger charge is 2.10. The highest BCUT2D eigenvalue weighted by atomic mass is 19.1. The van der Waals surface area contributed by atoms with Gasteiger partial charge >= 0.3 is 7.48 Å². The molecule has 0 heterocycles. The molecule has 0 aromatic heterocycles. The molecule has 0 saturated carbocycles. The van der Waals surface area contributed by atoms with Crippen LogP contribution in [0.3, 0.4) is 0 Å². The number of halogens is 2. The quantitative estimate of drug-likeness (QED) is 0.547. The minimum absolute atomic E-state index is 0.428. The Hall–Kier alpha value is -1.10. The molecule has 0 aliphatic carbocycles. The molecule has 0 aliphatic heterocycles. The topological polar surface area (TPSA) is 40.5 Å². The fourth-order valence-corrected chi connectivity index (χ4v) is 0.741. The van der Waals surface area contributed by atoms with E-state index in [2.05, 4.69) is 0 Å². The van der Waals surface area contributed by atoms with E-state index in [1.54, 1.807) is 0 Å². The van der Waals surface area contributed by atoms with E-state index in [0.717, 1.165) is 12.1 Å². The Morgan fingerprint density at radius 2 is 1.64 bits per heavy atom. The smallest absolute Gasteiger partial charge is 0.311 e. The number of aromatic hydroxyl groups is 1. The lowest BCUT2D eigenvalue weighted by atomic mass is 9.87. The molecular weight excluding hydrogens is 153 g/mol. The first-order valence-corrected chi connectivity index (χ1v) is 2.93. The van der Waals surface area contributed by atoms with E-state index in [-0.39, 0.29) is 0 Å². The predicted octanol–water partition coefficient (Wildman–Crippen LogP) is -0.360. The van der Waals surface area contributed by atoms with E-state index in [9.17, 15) is 8.78 Å². The number of hydrogen-bond donors (Lipinski definition) is 2. The van der Waals surface area contributed by atoms with Crippen molar-refractivity contribution in [2.45, 2.75) is 0 Å². The summed E-state index contributed by atoms with van der Waals surface area (Å²) in [5, 5.41) is 17.1. The van der Waals surface area contributed by atoms with Crippen molar-refractivity contribution < 1.29 is 18.9 Å². The van der Waals surface area contributed by atoms with Gasteiger partial charge in [-0.3, -0.25) is 0 Å². The summed E-state index contributed by atoms with van der Waals surface area (Å²) in [5.41, 5.74) is -0.428. The Bertz CT molecular complexity index is 254. The van der Waals surface area contributed by atoms with E-state index < -0.39 is 30.3 Å². The van der Waals surface area contributed by atoms with Crippen LogP contribution in [-0.4, -0.2) is 17.6 Å². The Labute approximate surface area is 62.4 Å². The fraction of sp³-hybridized carbons (Fsp3) is 0. The van der Waals surface area contributed by atoms with Crippen LogP contribution in [0, 0.1) is 11.6 Å². The molecule has 0 atom stereocenters. The van der Waals surface area contributed by atoms with Crippen LogP contribution in [0.1, 0.15) is 0 Å². The molecule has 0 fully saturated rings. The fourth-order valence-electron chi connectivity index (χ4n) is 0.741. The van der Waals surface area contributed by atoms with E-state index in [1.165, 1.54) is 0 Å². The van der Waals surface area contributed by atoms with Gasteiger partial charge in [-0.2, -0.15) is 0 Å². The Kier molecular flexibility index (Phi) is 2.09. The van der Waals surface area contributed by atoms with Gasteiger partial charge in [0.05, 0.1) is 0 Å². The average molecular weight is 158 g/mol. The van der Waals surface area contributed by atoms with Crippen molar-refractivity contribution in [1.29, 1.82) is 0 Å². The number of hydrogen-bond acceptors (Lipinski definition) is 2. The molecule has 1 rings (SSSR count). The Balaban J connectivity index is 3.25. The molecule has 1 aromatic rings.